The van der Waals surface area contributed by atoms with Gasteiger partial charge in [0.2, 0.25) is 0 Å². The summed E-state index contributed by atoms with van der Waals surface area (Å²) in [5.41, 5.74) is -0.0364. The van der Waals surface area contributed by atoms with Crippen LogP contribution in [0.3, 0.4) is 0 Å². The Balaban J connectivity index is 1.57. The number of epoxide rings is 1. The van der Waals surface area contributed by atoms with Crippen LogP contribution in [0, 0.1) is 11.8 Å². The summed E-state index contributed by atoms with van der Waals surface area (Å²) in [7, 11) is 0. The standard InChI is InChI=1S/C21H36O7/c1-5-18-11-16(8-10-25-18)20(24)27-13-17(22)12-26-19(23)14(2)7-6-9-21(4)15(3)28-21/h14-18,22H,5-13H2,1-4H3/t14?,15?,16?,17?,18?,21-/m0/s1. The molecular weight excluding hydrogens is 364 g/mol. The van der Waals surface area contributed by atoms with E-state index in [9.17, 15) is 14.7 Å². The van der Waals surface area contributed by atoms with Gasteiger partial charge in [0, 0.05) is 6.61 Å². The monoisotopic (exact) mass is 400 g/mol. The molecule has 2 aliphatic heterocycles. The minimum absolute atomic E-state index is 0.0364. The zero-order chi connectivity index (χ0) is 20.7. The normalized spacial score (nSPS) is 31.7. The molecule has 0 aromatic rings. The Morgan fingerprint density at radius 3 is 2.61 bits per heavy atom. The second-order valence-corrected chi connectivity index (χ2v) is 8.40. The number of esters is 2. The summed E-state index contributed by atoms with van der Waals surface area (Å²) in [6.45, 7) is 8.21. The fourth-order valence-electron chi connectivity index (χ4n) is 3.55. The Labute approximate surface area is 168 Å². The first-order valence-electron chi connectivity index (χ1n) is 10.6. The quantitative estimate of drug-likeness (QED) is 0.421. The SMILES string of the molecule is CCC1CC(C(=O)OCC(O)COC(=O)C(C)CCC[C@]2(C)OC2C)CCO1. The predicted octanol–water partition coefficient (Wildman–Crippen LogP) is 2.62. The van der Waals surface area contributed by atoms with Crippen molar-refractivity contribution in [3.05, 3.63) is 0 Å². The summed E-state index contributed by atoms with van der Waals surface area (Å²) in [4.78, 5) is 24.2. The summed E-state index contributed by atoms with van der Waals surface area (Å²) in [5.74, 6) is -1.07. The predicted molar refractivity (Wildman–Crippen MR) is 103 cm³/mol. The zero-order valence-corrected chi connectivity index (χ0v) is 17.6. The van der Waals surface area contributed by atoms with Gasteiger partial charge in [-0.05, 0) is 52.4 Å². The minimum Gasteiger partial charge on any atom is -0.463 e. The van der Waals surface area contributed by atoms with E-state index >= 15 is 0 Å². The van der Waals surface area contributed by atoms with E-state index in [0.29, 0.717) is 25.6 Å². The van der Waals surface area contributed by atoms with Crippen LogP contribution in [0.5, 0.6) is 0 Å². The summed E-state index contributed by atoms with van der Waals surface area (Å²) in [6, 6.07) is 0. The summed E-state index contributed by atoms with van der Waals surface area (Å²) in [5, 5.41) is 9.95. The number of hydrogen-bond donors (Lipinski definition) is 1. The van der Waals surface area contributed by atoms with Crippen LogP contribution in [0.1, 0.15) is 66.2 Å². The molecule has 5 unspecified atom stereocenters. The number of carbonyl (C=O) groups excluding carboxylic acids is 2. The van der Waals surface area contributed by atoms with E-state index in [4.69, 9.17) is 18.9 Å². The van der Waals surface area contributed by atoms with Gasteiger partial charge in [-0.3, -0.25) is 9.59 Å². The van der Waals surface area contributed by atoms with Crippen LogP contribution in [0.2, 0.25) is 0 Å². The van der Waals surface area contributed by atoms with Gasteiger partial charge >= 0.3 is 11.9 Å². The molecule has 2 fully saturated rings. The second-order valence-electron chi connectivity index (χ2n) is 8.40. The molecule has 0 aromatic heterocycles. The Bertz CT molecular complexity index is 523. The highest BCUT2D eigenvalue weighted by molar-refractivity contribution is 5.73. The number of aliphatic hydroxyl groups is 1. The van der Waals surface area contributed by atoms with Crippen LogP contribution < -0.4 is 0 Å². The van der Waals surface area contributed by atoms with Crippen molar-refractivity contribution in [1.29, 1.82) is 0 Å². The molecular formula is C21H36O7. The summed E-state index contributed by atoms with van der Waals surface area (Å²) in [6.07, 6.45) is 4.07. The molecule has 0 aliphatic carbocycles. The molecule has 2 aliphatic rings. The first kappa shape index (κ1) is 23.1. The van der Waals surface area contributed by atoms with Crippen LogP contribution in [0.25, 0.3) is 0 Å². The van der Waals surface area contributed by atoms with E-state index in [1.807, 2.05) is 13.8 Å². The Kier molecular flexibility index (Phi) is 8.71. The maximum Gasteiger partial charge on any atom is 0.309 e. The van der Waals surface area contributed by atoms with Crippen molar-refractivity contribution in [1.82, 2.24) is 0 Å². The minimum atomic E-state index is -1.01. The van der Waals surface area contributed by atoms with Crippen molar-refractivity contribution in [3.8, 4) is 0 Å². The lowest BCUT2D eigenvalue weighted by atomic mass is 9.94. The topological polar surface area (TPSA) is 94.6 Å². The molecule has 0 spiro atoms. The van der Waals surface area contributed by atoms with Crippen molar-refractivity contribution in [3.63, 3.8) is 0 Å². The molecule has 0 radical (unpaired) electrons. The van der Waals surface area contributed by atoms with Gasteiger partial charge in [-0.25, -0.2) is 0 Å². The van der Waals surface area contributed by atoms with Crippen molar-refractivity contribution >= 4 is 11.9 Å². The van der Waals surface area contributed by atoms with E-state index in [1.165, 1.54) is 0 Å². The number of aliphatic hydroxyl groups excluding tert-OH is 1. The van der Waals surface area contributed by atoms with Gasteiger partial charge < -0.3 is 24.1 Å². The highest BCUT2D eigenvalue weighted by atomic mass is 16.6. The molecule has 2 saturated heterocycles. The van der Waals surface area contributed by atoms with Crippen LogP contribution in [0.15, 0.2) is 0 Å². The van der Waals surface area contributed by atoms with Crippen molar-refractivity contribution in [2.45, 2.75) is 90.1 Å². The molecule has 7 nitrogen and oxygen atoms in total. The molecule has 162 valence electrons. The lowest BCUT2D eigenvalue weighted by Crippen LogP contribution is -2.33. The number of carbonyl (C=O) groups is 2. The fourth-order valence-corrected chi connectivity index (χ4v) is 3.55. The first-order chi connectivity index (χ1) is 13.2. The van der Waals surface area contributed by atoms with Gasteiger partial charge in [-0.1, -0.05) is 13.8 Å². The average molecular weight is 401 g/mol. The van der Waals surface area contributed by atoms with Crippen molar-refractivity contribution < 1.29 is 33.6 Å². The Morgan fingerprint density at radius 2 is 1.96 bits per heavy atom. The first-order valence-corrected chi connectivity index (χ1v) is 10.6. The molecule has 0 amide bonds. The molecule has 2 rings (SSSR count). The molecule has 0 aromatic carbocycles. The molecule has 7 heteroatoms. The van der Waals surface area contributed by atoms with E-state index in [2.05, 4.69) is 13.8 Å². The molecule has 6 atom stereocenters. The van der Waals surface area contributed by atoms with Crippen molar-refractivity contribution in [2.24, 2.45) is 11.8 Å². The fraction of sp³-hybridized carbons (Fsp3) is 0.905. The highest BCUT2D eigenvalue weighted by Crippen LogP contribution is 2.40. The third-order valence-corrected chi connectivity index (χ3v) is 5.95. The molecule has 0 bridgehead atoms. The third kappa shape index (κ3) is 7.01. The van der Waals surface area contributed by atoms with Crippen LogP contribution in [0.4, 0.5) is 0 Å². The van der Waals surface area contributed by atoms with Gasteiger partial charge in [0.15, 0.2) is 0 Å². The van der Waals surface area contributed by atoms with Gasteiger partial charge in [0.05, 0.1) is 29.6 Å². The van der Waals surface area contributed by atoms with E-state index in [-0.39, 0.29) is 48.7 Å². The zero-order valence-electron chi connectivity index (χ0n) is 17.6. The lowest BCUT2D eigenvalue weighted by Gasteiger charge is -2.27. The summed E-state index contributed by atoms with van der Waals surface area (Å²) >= 11 is 0. The van der Waals surface area contributed by atoms with E-state index in [1.54, 1.807) is 0 Å². The molecule has 28 heavy (non-hydrogen) atoms. The van der Waals surface area contributed by atoms with Gasteiger partial charge in [-0.15, -0.1) is 0 Å². The second kappa shape index (κ2) is 10.6. The third-order valence-electron chi connectivity index (χ3n) is 5.95. The van der Waals surface area contributed by atoms with Gasteiger partial charge in [-0.2, -0.15) is 0 Å². The Hall–Kier alpha value is -1.18. The molecule has 0 saturated carbocycles. The number of rotatable bonds is 11. The van der Waals surface area contributed by atoms with Gasteiger partial charge in [0.1, 0.15) is 19.3 Å². The maximum atomic E-state index is 12.1. The number of hydrogen-bond acceptors (Lipinski definition) is 7. The number of ether oxygens (including phenoxy) is 4. The lowest BCUT2D eigenvalue weighted by molar-refractivity contribution is -0.160. The van der Waals surface area contributed by atoms with Crippen molar-refractivity contribution in [2.75, 3.05) is 19.8 Å². The van der Waals surface area contributed by atoms with Crippen LogP contribution >= 0.6 is 0 Å². The highest BCUT2D eigenvalue weighted by Gasteiger charge is 2.47. The Morgan fingerprint density at radius 1 is 1.29 bits per heavy atom. The largest absolute Gasteiger partial charge is 0.463 e. The smallest absolute Gasteiger partial charge is 0.309 e. The summed E-state index contributed by atoms with van der Waals surface area (Å²) < 4.78 is 21.4. The van der Waals surface area contributed by atoms with E-state index in [0.717, 1.165) is 25.7 Å². The average Bonchev–Trinajstić information content (AvgIpc) is 3.29. The van der Waals surface area contributed by atoms with Gasteiger partial charge in [0.25, 0.3) is 0 Å². The maximum absolute atomic E-state index is 12.1. The van der Waals surface area contributed by atoms with Crippen LogP contribution in [-0.4, -0.2) is 60.8 Å². The van der Waals surface area contributed by atoms with Crippen LogP contribution in [-0.2, 0) is 28.5 Å². The molecule has 1 N–H and O–H groups in total. The molecule has 2 heterocycles. The van der Waals surface area contributed by atoms with E-state index < -0.39 is 6.10 Å².